The molecule has 2 nitrogen and oxygen atoms in total. The van der Waals surface area contributed by atoms with E-state index in [4.69, 9.17) is 0 Å². The van der Waals surface area contributed by atoms with Gasteiger partial charge in [0.05, 0.1) is 0 Å². The molecule has 1 aromatic heterocycles. The minimum atomic E-state index is -0.820. The van der Waals surface area contributed by atoms with Crippen LogP contribution in [0.3, 0.4) is 0 Å². The Morgan fingerprint density at radius 3 is 2.79 bits per heavy atom. The van der Waals surface area contributed by atoms with Crippen LogP contribution in [0.4, 0.5) is 8.78 Å². The van der Waals surface area contributed by atoms with E-state index < -0.39 is 11.6 Å². The number of halogens is 3. The normalized spacial score (nSPS) is 12.4. The molecular weight excluding hydrogens is 314 g/mol. The highest BCUT2D eigenvalue weighted by molar-refractivity contribution is 9.10. The fourth-order valence-electron chi connectivity index (χ4n) is 1.93. The molecule has 0 aliphatic rings. The molecule has 1 atom stereocenters. The zero-order valence-corrected chi connectivity index (χ0v) is 11.9. The number of aromatic nitrogens is 1. The van der Waals surface area contributed by atoms with E-state index in [2.05, 4.69) is 26.2 Å². The summed E-state index contributed by atoms with van der Waals surface area (Å²) in [5, 5.41) is 3.09. The number of rotatable bonds is 4. The van der Waals surface area contributed by atoms with Gasteiger partial charge in [0.15, 0.2) is 11.6 Å². The van der Waals surface area contributed by atoms with Gasteiger partial charge < -0.3 is 5.32 Å². The molecule has 1 N–H and O–H groups in total. The molecule has 2 aromatic rings. The van der Waals surface area contributed by atoms with Gasteiger partial charge in [-0.25, -0.2) is 8.78 Å². The summed E-state index contributed by atoms with van der Waals surface area (Å²) in [5.74, 6) is -1.61. The van der Waals surface area contributed by atoms with Gasteiger partial charge in [-0.05, 0) is 52.7 Å². The van der Waals surface area contributed by atoms with Crippen molar-refractivity contribution >= 4 is 15.9 Å². The average Bonchev–Trinajstić information content (AvgIpc) is 2.40. The number of pyridine rings is 1. The number of likely N-dealkylation sites (N-methyl/N-ethyl adjacent to an activating group) is 1. The van der Waals surface area contributed by atoms with Gasteiger partial charge in [0.25, 0.3) is 0 Å². The van der Waals surface area contributed by atoms with E-state index in [-0.39, 0.29) is 6.04 Å². The Morgan fingerprint density at radius 2 is 2.11 bits per heavy atom. The van der Waals surface area contributed by atoms with E-state index in [1.807, 2.05) is 6.07 Å². The van der Waals surface area contributed by atoms with Crippen molar-refractivity contribution in [2.45, 2.75) is 12.5 Å². The molecule has 0 amide bonds. The first-order chi connectivity index (χ1) is 9.11. The van der Waals surface area contributed by atoms with Crippen molar-refractivity contribution in [3.63, 3.8) is 0 Å². The number of benzene rings is 1. The van der Waals surface area contributed by atoms with Crippen molar-refractivity contribution < 1.29 is 8.78 Å². The third-order valence-electron chi connectivity index (χ3n) is 2.93. The second kappa shape index (κ2) is 6.21. The fraction of sp³-hybridized carbons (Fsp3) is 0.214. The van der Waals surface area contributed by atoms with E-state index in [1.165, 1.54) is 6.07 Å². The topological polar surface area (TPSA) is 24.9 Å². The molecule has 0 radical (unpaired) electrons. The second-order valence-electron chi connectivity index (χ2n) is 4.19. The van der Waals surface area contributed by atoms with Crippen molar-refractivity contribution in [2.24, 2.45) is 0 Å². The highest BCUT2D eigenvalue weighted by Crippen LogP contribution is 2.22. The zero-order chi connectivity index (χ0) is 13.8. The lowest BCUT2D eigenvalue weighted by Crippen LogP contribution is -2.19. The van der Waals surface area contributed by atoms with Crippen LogP contribution in [0.25, 0.3) is 0 Å². The molecule has 100 valence electrons. The van der Waals surface area contributed by atoms with Gasteiger partial charge >= 0.3 is 0 Å². The quantitative estimate of drug-likeness (QED) is 0.928. The maximum Gasteiger partial charge on any atom is 0.162 e. The summed E-state index contributed by atoms with van der Waals surface area (Å²) in [5.41, 5.74) is 1.26. The molecule has 1 unspecified atom stereocenters. The molecular formula is C14H13BrF2N2. The SMILES string of the molecule is CNC(Cc1cccc(F)c1F)c1cncc(Br)c1. The van der Waals surface area contributed by atoms with Crippen molar-refractivity contribution in [2.75, 3.05) is 7.05 Å². The maximum atomic E-state index is 13.7. The van der Waals surface area contributed by atoms with Gasteiger partial charge in [-0.15, -0.1) is 0 Å². The van der Waals surface area contributed by atoms with Crippen LogP contribution in [0.15, 0.2) is 41.1 Å². The minimum absolute atomic E-state index is 0.124. The third-order valence-corrected chi connectivity index (χ3v) is 3.37. The predicted octanol–water partition coefficient (Wildman–Crippen LogP) is 3.63. The summed E-state index contributed by atoms with van der Waals surface area (Å²) in [7, 11) is 1.78. The molecule has 0 aliphatic carbocycles. The molecule has 0 saturated carbocycles. The van der Waals surface area contributed by atoms with Gasteiger partial charge in [0.1, 0.15) is 0 Å². The Kier molecular flexibility index (Phi) is 4.61. The number of hydrogen-bond acceptors (Lipinski definition) is 2. The molecule has 0 fully saturated rings. The summed E-state index contributed by atoms with van der Waals surface area (Å²) < 4.78 is 27.7. The van der Waals surface area contributed by atoms with Gasteiger partial charge in [-0.1, -0.05) is 12.1 Å². The average molecular weight is 327 g/mol. The van der Waals surface area contributed by atoms with Gasteiger partial charge in [0, 0.05) is 22.9 Å². The van der Waals surface area contributed by atoms with Crippen LogP contribution in [-0.2, 0) is 6.42 Å². The Balaban J connectivity index is 2.26. The van der Waals surface area contributed by atoms with E-state index >= 15 is 0 Å². The van der Waals surface area contributed by atoms with Gasteiger partial charge in [0.2, 0.25) is 0 Å². The summed E-state index contributed by atoms with van der Waals surface area (Å²) in [6.07, 6.45) is 3.75. The smallest absolute Gasteiger partial charge is 0.162 e. The van der Waals surface area contributed by atoms with Gasteiger partial charge in [-0.2, -0.15) is 0 Å². The Labute approximate surface area is 119 Å². The van der Waals surface area contributed by atoms with Crippen molar-refractivity contribution in [3.05, 3.63) is 63.9 Å². The van der Waals surface area contributed by atoms with Crippen molar-refractivity contribution in [1.82, 2.24) is 10.3 Å². The Bertz CT molecular complexity index is 575. The number of nitrogens with zero attached hydrogens (tertiary/aromatic N) is 1. The zero-order valence-electron chi connectivity index (χ0n) is 10.3. The summed E-state index contributed by atoms with van der Waals surface area (Å²) in [6, 6.07) is 6.01. The van der Waals surface area contributed by atoms with Crippen LogP contribution in [0.5, 0.6) is 0 Å². The van der Waals surface area contributed by atoms with Crippen molar-refractivity contribution in [1.29, 1.82) is 0 Å². The van der Waals surface area contributed by atoms with E-state index in [0.717, 1.165) is 16.1 Å². The molecule has 2 rings (SSSR count). The molecule has 1 heterocycles. The van der Waals surface area contributed by atoms with Crippen LogP contribution in [0.1, 0.15) is 17.2 Å². The molecule has 0 spiro atoms. The van der Waals surface area contributed by atoms with E-state index in [0.29, 0.717) is 12.0 Å². The lowest BCUT2D eigenvalue weighted by atomic mass is 10.00. The molecule has 1 aromatic carbocycles. The predicted molar refractivity (Wildman–Crippen MR) is 73.8 cm³/mol. The molecule has 19 heavy (non-hydrogen) atoms. The second-order valence-corrected chi connectivity index (χ2v) is 5.11. The Morgan fingerprint density at radius 1 is 1.32 bits per heavy atom. The first-order valence-corrected chi connectivity index (χ1v) is 6.61. The third kappa shape index (κ3) is 3.36. The van der Waals surface area contributed by atoms with Crippen LogP contribution in [-0.4, -0.2) is 12.0 Å². The van der Waals surface area contributed by atoms with E-state index in [1.54, 1.807) is 25.5 Å². The summed E-state index contributed by atoms with van der Waals surface area (Å²) in [4.78, 5) is 4.08. The lowest BCUT2D eigenvalue weighted by Gasteiger charge is -2.17. The van der Waals surface area contributed by atoms with E-state index in [9.17, 15) is 8.78 Å². The van der Waals surface area contributed by atoms with Crippen LogP contribution >= 0.6 is 15.9 Å². The summed E-state index contributed by atoms with van der Waals surface area (Å²) >= 11 is 3.35. The largest absolute Gasteiger partial charge is 0.313 e. The maximum absolute atomic E-state index is 13.7. The highest BCUT2D eigenvalue weighted by Gasteiger charge is 2.15. The van der Waals surface area contributed by atoms with Crippen LogP contribution in [0, 0.1) is 11.6 Å². The molecule has 0 saturated heterocycles. The standard InChI is InChI=1S/C14H13BrF2N2/c1-18-13(10-5-11(15)8-19-7-10)6-9-3-2-4-12(16)14(9)17/h2-5,7-8,13,18H,6H2,1H3. The summed E-state index contributed by atoms with van der Waals surface area (Å²) in [6.45, 7) is 0. The molecule has 5 heteroatoms. The van der Waals surface area contributed by atoms with Crippen molar-refractivity contribution in [3.8, 4) is 0 Å². The molecule has 0 aliphatic heterocycles. The Hall–Kier alpha value is -1.33. The first-order valence-electron chi connectivity index (χ1n) is 5.82. The minimum Gasteiger partial charge on any atom is -0.313 e. The van der Waals surface area contributed by atoms with Gasteiger partial charge in [-0.3, -0.25) is 4.98 Å². The van der Waals surface area contributed by atoms with Crippen LogP contribution < -0.4 is 5.32 Å². The number of nitrogens with one attached hydrogen (secondary N) is 1. The lowest BCUT2D eigenvalue weighted by molar-refractivity contribution is 0.486. The molecule has 0 bridgehead atoms. The highest BCUT2D eigenvalue weighted by atomic mass is 79.9. The van der Waals surface area contributed by atoms with Crippen LogP contribution in [0.2, 0.25) is 0 Å². The monoisotopic (exact) mass is 326 g/mol. The fourth-order valence-corrected chi connectivity index (χ4v) is 2.31. The number of hydrogen-bond donors (Lipinski definition) is 1. The first kappa shape index (κ1) is 14.1.